The minimum absolute atomic E-state index is 0.0618. The summed E-state index contributed by atoms with van der Waals surface area (Å²) in [7, 11) is 0. The molecule has 30 heavy (non-hydrogen) atoms. The van der Waals surface area contributed by atoms with Crippen LogP contribution in [0.1, 0.15) is 31.9 Å². The lowest BCUT2D eigenvalue weighted by molar-refractivity contribution is -0.119. The van der Waals surface area contributed by atoms with Crippen LogP contribution in [0.3, 0.4) is 0 Å². The number of para-hydroxylation sites is 1. The number of carbonyl (C=O) groups excluding carboxylic acids is 1. The molecule has 1 amide bonds. The Bertz CT molecular complexity index is 1190. The van der Waals surface area contributed by atoms with Crippen LogP contribution in [0.15, 0.2) is 58.2 Å². The molecule has 0 saturated carbocycles. The van der Waals surface area contributed by atoms with Gasteiger partial charge in [-0.3, -0.25) is 4.79 Å². The zero-order valence-corrected chi connectivity index (χ0v) is 19.2. The van der Waals surface area contributed by atoms with Crippen molar-refractivity contribution in [3.05, 3.63) is 58.6 Å². The second kappa shape index (κ2) is 9.14. The third-order valence-corrected chi connectivity index (χ3v) is 6.25. The number of aryl methyl sites for hydroxylation is 1. The molecule has 1 atom stereocenters. The first-order valence-corrected chi connectivity index (χ1v) is 11.6. The Hall–Kier alpha value is -2.45. The Labute approximate surface area is 187 Å². The van der Waals surface area contributed by atoms with Gasteiger partial charge in [0.2, 0.25) is 11.1 Å². The Morgan fingerprint density at radius 1 is 1.17 bits per heavy atom. The maximum atomic E-state index is 12.4. The van der Waals surface area contributed by atoms with Gasteiger partial charge in [-0.15, -0.1) is 10.2 Å². The summed E-state index contributed by atoms with van der Waals surface area (Å²) in [5.74, 6) is 0.176. The van der Waals surface area contributed by atoms with Crippen molar-refractivity contribution in [1.29, 1.82) is 0 Å². The number of carbonyl (C=O) groups is 1. The molecule has 8 heteroatoms. The fraction of sp³-hybridized carbons (Fsp3) is 0.273. The van der Waals surface area contributed by atoms with Crippen molar-refractivity contribution >= 4 is 55.7 Å². The van der Waals surface area contributed by atoms with Crippen molar-refractivity contribution in [1.82, 2.24) is 25.1 Å². The predicted molar refractivity (Wildman–Crippen MR) is 125 cm³/mol. The van der Waals surface area contributed by atoms with Crippen LogP contribution in [0.2, 0.25) is 0 Å². The Morgan fingerprint density at radius 2 is 1.93 bits per heavy atom. The average molecular weight is 484 g/mol. The van der Waals surface area contributed by atoms with Crippen molar-refractivity contribution in [3.8, 4) is 0 Å². The number of nitrogens with one attached hydrogen (secondary N) is 1. The predicted octanol–water partition coefficient (Wildman–Crippen LogP) is 5.12. The number of fused-ring (bicyclic) bond motifs is 3. The number of aromatic nitrogens is 4. The van der Waals surface area contributed by atoms with E-state index in [1.807, 2.05) is 49.4 Å². The van der Waals surface area contributed by atoms with Gasteiger partial charge in [-0.05, 0) is 37.1 Å². The Morgan fingerprint density at radius 3 is 2.70 bits per heavy atom. The molecule has 0 fully saturated rings. The maximum Gasteiger partial charge on any atom is 0.230 e. The number of hydrogen-bond acceptors (Lipinski definition) is 5. The third-order valence-electron chi connectivity index (χ3n) is 4.88. The Kier molecular flexibility index (Phi) is 6.34. The molecule has 0 saturated heterocycles. The first-order chi connectivity index (χ1) is 14.6. The summed E-state index contributed by atoms with van der Waals surface area (Å²) in [6, 6.07) is 16.0. The van der Waals surface area contributed by atoms with Crippen molar-refractivity contribution in [2.75, 3.05) is 5.75 Å². The molecule has 0 bridgehead atoms. The molecular weight excluding hydrogens is 462 g/mol. The summed E-state index contributed by atoms with van der Waals surface area (Å²) in [4.78, 5) is 17.1. The van der Waals surface area contributed by atoms with Crippen LogP contribution in [0.4, 0.5) is 0 Å². The molecule has 6 nitrogen and oxygen atoms in total. The van der Waals surface area contributed by atoms with Gasteiger partial charge in [-0.25, -0.2) is 4.98 Å². The molecule has 2 aromatic heterocycles. The molecule has 0 spiro atoms. The van der Waals surface area contributed by atoms with Gasteiger partial charge in [0.05, 0.1) is 17.3 Å². The molecule has 1 N–H and O–H groups in total. The van der Waals surface area contributed by atoms with Gasteiger partial charge in [0.1, 0.15) is 5.52 Å². The first kappa shape index (κ1) is 20.8. The van der Waals surface area contributed by atoms with E-state index in [0.717, 1.165) is 45.1 Å². The van der Waals surface area contributed by atoms with E-state index >= 15 is 0 Å². The standard InChI is InChI=1S/C22H22BrN5OS/c1-3-12-28-18-7-5-4-6-17(18)20-21(28)25-22(27-26-20)30-13-19(29)24-14(2)15-8-10-16(23)11-9-15/h4-11,14H,3,12-13H2,1-2H3,(H,24,29). The summed E-state index contributed by atoms with van der Waals surface area (Å²) in [5, 5.41) is 13.3. The fourth-order valence-corrected chi connectivity index (χ4v) is 4.31. The van der Waals surface area contributed by atoms with Crippen molar-refractivity contribution in [3.63, 3.8) is 0 Å². The van der Waals surface area contributed by atoms with Gasteiger partial charge in [0, 0.05) is 16.4 Å². The normalized spacial score (nSPS) is 12.4. The number of nitrogens with zero attached hydrogens (tertiary/aromatic N) is 4. The zero-order chi connectivity index (χ0) is 21.1. The highest BCUT2D eigenvalue weighted by molar-refractivity contribution is 9.10. The van der Waals surface area contributed by atoms with Crippen molar-refractivity contribution in [2.24, 2.45) is 0 Å². The lowest BCUT2D eigenvalue weighted by atomic mass is 10.1. The summed E-state index contributed by atoms with van der Waals surface area (Å²) < 4.78 is 3.19. The van der Waals surface area contributed by atoms with Crippen LogP contribution in [0.25, 0.3) is 22.1 Å². The number of benzene rings is 2. The van der Waals surface area contributed by atoms with E-state index in [1.165, 1.54) is 11.8 Å². The first-order valence-electron chi connectivity index (χ1n) is 9.86. The van der Waals surface area contributed by atoms with Crippen LogP contribution in [-0.2, 0) is 11.3 Å². The van der Waals surface area contributed by atoms with Gasteiger partial charge < -0.3 is 9.88 Å². The Balaban J connectivity index is 1.48. The minimum atomic E-state index is -0.0696. The van der Waals surface area contributed by atoms with Gasteiger partial charge in [0.15, 0.2) is 5.65 Å². The van der Waals surface area contributed by atoms with Crippen molar-refractivity contribution < 1.29 is 4.79 Å². The minimum Gasteiger partial charge on any atom is -0.349 e. The number of rotatable bonds is 7. The monoisotopic (exact) mass is 483 g/mol. The van der Waals surface area contributed by atoms with Gasteiger partial charge >= 0.3 is 0 Å². The van der Waals surface area contributed by atoms with E-state index in [9.17, 15) is 4.79 Å². The molecule has 1 unspecified atom stereocenters. The molecule has 154 valence electrons. The van der Waals surface area contributed by atoms with Crippen molar-refractivity contribution in [2.45, 2.75) is 38.0 Å². The van der Waals surface area contributed by atoms with Gasteiger partial charge in [0.25, 0.3) is 0 Å². The second-order valence-electron chi connectivity index (χ2n) is 7.06. The summed E-state index contributed by atoms with van der Waals surface area (Å²) >= 11 is 4.73. The summed E-state index contributed by atoms with van der Waals surface area (Å²) in [6.07, 6.45) is 0.997. The van der Waals surface area contributed by atoms with E-state index < -0.39 is 0 Å². The lowest BCUT2D eigenvalue weighted by Crippen LogP contribution is -2.28. The van der Waals surface area contributed by atoms with Crippen LogP contribution >= 0.6 is 27.7 Å². The van der Waals surface area contributed by atoms with E-state index in [1.54, 1.807) is 0 Å². The SMILES string of the molecule is CCCn1c2ccccc2c2nnc(SCC(=O)NC(C)c3ccc(Br)cc3)nc21. The largest absolute Gasteiger partial charge is 0.349 e. The van der Waals surface area contributed by atoms with Crippen LogP contribution in [-0.4, -0.2) is 31.4 Å². The molecule has 4 rings (SSSR count). The molecule has 0 aliphatic heterocycles. The highest BCUT2D eigenvalue weighted by Crippen LogP contribution is 2.27. The fourth-order valence-electron chi connectivity index (χ4n) is 3.45. The molecule has 4 aromatic rings. The second-order valence-corrected chi connectivity index (χ2v) is 8.92. The van der Waals surface area contributed by atoms with Crippen LogP contribution in [0, 0.1) is 0 Å². The topological polar surface area (TPSA) is 72.7 Å². The molecule has 0 aliphatic rings. The van der Waals surface area contributed by atoms with Crippen LogP contribution in [0.5, 0.6) is 0 Å². The van der Waals surface area contributed by atoms with E-state index in [4.69, 9.17) is 4.98 Å². The quantitative estimate of drug-likeness (QED) is 0.369. The smallest absolute Gasteiger partial charge is 0.230 e. The average Bonchev–Trinajstić information content (AvgIpc) is 3.06. The molecular formula is C22H22BrN5OS. The molecule has 2 heterocycles. The highest BCUT2D eigenvalue weighted by Gasteiger charge is 2.15. The van der Waals surface area contributed by atoms with Gasteiger partial charge in [-0.1, -0.05) is 64.9 Å². The lowest BCUT2D eigenvalue weighted by Gasteiger charge is -2.14. The maximum absolute atomic E-state index is 12.4. The highest BCUT2D eigenvalue weighted by atomic mass is 79.9. The van der Waals surface area contributed by atoms with E-state index in [2.05, 4.69) is 49.0 Å². The third kappa shape index (κ3) is 4.34. The van der Waals surface area contributed by atoms with Crippen LogP contribution < -0.4 is 5.32 Å². The van der Waals surface area contributed by atoms with E-state index in [-0.39, 0.29) is 17.7 Å². The zero-order valence-electron chi connectivity index (χ0n) is 16.8. The summed E-state index contributed by atoms with van der Waals surface area (Å²) in [5.41, 5.74) is 3.79. The number of hydrogen-bond donors (Lipinski definition) is 1. The number of halogens is 1. The summed E-state index contributed by atoms with van der Waals surface area (Å²) in [6.45, 7) is 4.97. The number of thioether (sulfide) groups is 1. The molecule has 2 aromatic carbocycles. The molecule has 0 aliphatic carbocycles. The number of amides is 1. The van der Waals surface area contributed by atoms with Gasteiger partial charge in [-0.2, -0.15) is 0 Å². The molecule has 0 radical (unpaired) electrons. The van der Waals surface area contributed by atoms with E-state index in [0.29, 0.717) is 5.16 Å².